The zero-order chi connectivity index (χ0) is 47.1. The van der Waals surface area contributed by atoms with Crippen molar-refractivity contribution < 1.29 is 57.4 Å². The van der Waals surface area contributed by atoms with E-state index < -0.39 is 94.1 Å². The lowest BCUT2D eigenvalue weighted by Gasteiger charge is -2.62. The quantitative estimate of drug-likeness (QED) is 0.0436. The molecule has 1 N–H and O–H groups in total. The van der Waals surface area contributed by atoms with Crippen molar-refractivity contribution in [2.24, 2.45) is 29.6 Å². The number of hydrogen-bond donors (Lipinski definition) is 1. The Bertz CT molecular complexity index is 2040. The molecule has 0 radical (unpaired) electrons. The number of epoxide rings is 1. The van der Waals surface area contributed by atoms with E-state index in [1.165, 1.54) is 19.3 Å². The van der Waals surface area contributed by atoms with Gasteiger partial charge in [-0.2, -0.15) is 0 Å². The minimum absolute atomic E-state index is 0.0396. The first-order valence-corrected chi connectivity index (χ1v) is 26.0. The van der Waals surface area contributed by atoms with Crippen LogP contribution < -0.4 is 0 Å². The van der Waals surface area contributed by atoms with Crippen molar-refractivity contribution in [3.05, 3.63) is 72.4 Å². The normalized spacial score (nSPS) is 41.2. The molecule has 12 nitrogen and oxygen atoms in total. The Morgan fingerprint density at radius 2 is 1.57 bits per heavy atom. The summed E-state index contributed by atoms with van der Waals surface area (Å²) < 4.78 is 54.5. The van der Waals surface area contributed by atoms with Crippen molar-refractivity contribution in [2.75, 3.05) is 13.2 Å². The molecule has 9 rings (SSSR count). The van der Waals surface area contributed by atoms with Crippen molar-refractivity contribution in [1.82, 2.24) is 0 Å². The zero-order valence-corrected chi connectivity index (χ0v) is 40.5. The van der Waals surface area contributed by atoms with E-state index >= 15 is 0 Å². The average Bonchev–Trinajstić information content (AvgIpc) is 3.80. The number of fused-ring (bicyclic) bond motifs is 3. The number of unbranched alkanes of at least 4 members (excludes halogenated alkanes) is 8. The number of hydrogen-bond acceptors (Lipinski definition) is 12. The molecule has 6 heterocycles. The van der Waals surface area contributed by atoms with Gasteiger partial charge in [0.2, 0.25) is 11.4 Å². The van der Waals surface area contributed by atoms with Gasteiger partial charge in [-0.1, -0.05) is 127 Å². The van der Waals surface area contributed by atoms with Gasteiger partial charge in [-0.05, 0) is 81.9 Å². The van der Waals surface area contributed by atoms with E-state index in [4.69, 9.17) is 37.9 Å². The third-order valence-corrected chi connectivity index (χ3v) is 17.0. The molecule has 5 bridgehead atoms. The van der Waals surface area contributed by atoms with Crippen LogP contribution in [0, 0.1) is 29.6 Å². The maximum Gasteiger partial charge on any atom is 0.344 e. The minimum Gasteiger partial charge on any atom is -0.462 e. The first kappa shape index (κ1) is 48.6. The van der Waals surface area contributed by atoms with E-state index in [1.807, 2.05) is 13.0 Å². The van der Waals surface area contributed by atoms with Crippen LogP contribution in [0.4, 0.5) is 0 Å². The summed E-state index contributed by atoms with van der Waals surface area (Å²) in [4.78, 5) is 42.3. The number of aliphatic hydroxyl groups excluding tert-OH is 1. The molecule has 1 unspecified atom stereocenters. The zero-order valence-electron chi connectivity index (χ0n) is 40.5. The summed E-state index contributed by atoms with van der Waals surface area (Å²) in [7, 11) is 0. The van der Waals surface area contributed by atoms with Crippen LogP contribution in [-0.4, -0.2) is 88.7 Å². The minimum atomic E-state index is -1.98. The van der Waals surface area contributed by atoms with Crippen LogP contribution in [0.1, 0.15) is 166 Å². The SMILES string of the molecule is C=C(C)[C@]12C[C@@H](COC(=O)c3ccccc3)[C@]34OC5(CCCCCCC[C@H](C)[C@@H]6[C@@H]3[C@]3(O[C@]6(C)OC3=O)[C@H](O)[C@@]3(COC(=O)CCCCCCC/C=C\C/C=C\CCCCC)O[C@H]3[C@H]4[C@H]1O5)O2. The van der Waals surface area contributed by atoms with Gasteiger partial charge in [0, 0.05) is 43.4 Å². The molecule has 1 aromatic rings. The predicted octanol–water partition coefficient (Wildman–Crippen LogP) is 10.2. The molecule has 14 atom stereocenters. The van der Waals surface area contributed by atoms with Crippen molar-refractivity contribution in [2.45, 2.75) is 209 Å². The fourth-order valence-corrected chi connectivity index (χ4v) is 13.9. The van der Waals surface area contributed by atoms with E-state index in [9.17, 15) is 19.5 Å². The highest BCUT2D eigenvalue weighted by Crippen LogP contribution is 2.77. The number of esters is 3. The first-order chi connectivity index (χ1) is 32.3. The van der Waals surface area contributed by atoms with Gasteiger partial charge in [-0.15, -0.1) is 0 Å². The van der Waals surface area contributed by atoms with E-state index in [1.54, 1.807) is 31.2 Å². The number of ether oxygens (including phenoxy) is 8. The number of carbonyl (C=O) groups excluding carboxylic acids is 3. The third-order valence-electron chi connectivity index (χ3n) is 17.0. The average molecular weight is 929 g/mol. The van der Waals surface area contributed by atoms with Gasteiger partial charge in [0.25, 0.3) is 5.97 Å². The number of allylic oxidation sites excluding steroid dienone is 4. The first-order valence-electron chi connectivity index (χ1n) is 26.0. The fraction of sp³-hybridized carbons (Fsp3) is 0.727. The fourth-order valence-electron chi connectivity index (χ4n) is 13.9. The molecule has 368 valence electrons. The Balaban J connectivity index is 0.980. The summed E-state index contributed by atoms with van der Waals surface area (Å²) in [6, 6.07) is 8.87. The highest BCUT2D eigenvalue weighted by atomic mass is 16.9. The van der Waals surface area contributed by atoms with Crippen LogP contribution in [-0.2, 0) is 47.5 Å². The van der Waals surface area contributed by atoms with E-state index in [2.05, 4.69) is 44.7 Å². The van der Waals surface area contributed by atoms with Gasteiger partial charge >= 0.3 is 17.9 Å². The van der Waals surface area contributed by atoms with Crippen molar-refractivity contribution in [1.29, 1.82) is 0 Å². The van der Waals surface area contributed by atoms with E-state index in [-0.39, 0.29) is 25.6 Å². The predicted molar refractivity (Wildman–Crippen MR) is 249 cm³/mol. The van der Waals surface area contributed by atoms with Crippen LogP contribution >= 0.6 is 0 Å². The third kappa shape index (κ3) is 8.39. The second-order valence-electron chi connectivity index (χ2n) is 21.5. The molecule has 1 aromatic carbocycles. The summed E-state index contributed by atoms with van der Waals surface area (Å²) in [5.74, 6) is -7.11. The second-order valence-corrected chi connectivity index (χ2v) is 21.5. The van der Waals surface area contributed by atoms with Gasteiger partial charge < -0.3 is 43.0 Å². The highest BCUT2D eigenvalue weighted by molar-refractivity contribution is 5.89. The molecule has 0 amide bonds. The Morgan fingerprint density at radius 1 is 0.851 bits per heavy atom. The van der Waals surface area contributed by atoms with Gasteiger partial charge in [-0.25, -0.2) is 9.59 Å². The smallest absolute Gasteiger partial charge is 0.344 e. The van der Waals surface area contributed by atoms with Crippen LogP contribution in [0.5, 0.6) is 0 Å². The summed E-state index contributed by atoms with van der Waals surface area (Å²) >= 11 is 0. The van der Waals surface area contributed by atoms with Crippen molar-refractivity contribution >= 4 is 17.9 Å². The second kappa shape index (κ2) is 19.4. The van der Waals surface area contributed by atoms with E-state index in [0.717, 1.165) is 89.0 Å². The molecule has 8 aliphatic rings. The maximum absolute atomic E-state index is 14.9. The number of aliphatic hydroxyl groups is 1. The molecule has 6 aliphatic heterocycles. The van der Waals surface area contributed by atoms with Crippen LogP contribution in [0.15, 0.2) is 66.8 Å². The number of benzene rings is 1. The molecule has 8 fully saturated rings. The molecule has 2 aliphatic carbocycles. The molecule has 0 aromatic heterocycles. The summed E-state index contributed by atoms with van der Waals surface area (Å²) in [6.45, 7) is 12.3. The van der Waals surface area contributed by atoms with Gasteiger partial charge in [0.15, 0.2) is 5.60 Å². The lowest BCUT2D eigenvalue weighted by molar-refractivity contribution is -0.436. The van der Waals surface area contributed by atoms with Crippen LogP contribution in [0.2, 0.25) is 0 Å². The molecular formula is C55H76O12. The molecule has 2 saturated carbocycles. The van der Waals surface area contributed by atoms with Crippen molar-refractivity contribution in [3.8, 4) is 0 Å². The van der Waals surface area contributed by atoms with Gasteiger partial charge in [0.05, 0.1) is 17.8 Å². The maximum atomic E-state index is 14.9. The lowest BCUT2D eigenvalue weighted by atomic mass is 9.50. The molecule has 6 saturated heterocycles. The highest BCUT2D eigenvalue weighted by Gasteiger charge is 2.94. The molecule has 67 heavy (non-hydrogen) atoms. The number of carbonyl (C=O) groups is 3. The Labute approximate surface area is 397 Å². The van der Waals surface area contributed by atoms with Crippen molar-refractivity contribution in [3.63, 3.8) is 0 Å². The lowest BCUT2D eigenvalue weighted by Crippen LogP contribution is -2.75. The summed E-state index contributed by atoms with van der Waals surface area (Å²) in [5.41, 5.74) is -4.86. The largest absolute Gasteiger partial charge is 0.462 e. The summed E-state index contributed by atoms with van der Waals surface area (Å²) in [5, 5.41) is 13.2. The Hall–Kier alpha value is -3.39. The monoisotopic (exact) mass is 929 g/mol. The topological polar surface area (TPSA) is 149 Å². The molecule has 12 heteroatoms. The van der Waals surface area contributed by atoms with Crippen LogP contribution in [0.25, 0.3) is 0 Å². The Kier molecular flexibility index (Phi) is 14.1. The Morgan fingerprint density at radius 3 is 2.33 bits per heavy atom. The summed E-state index contributed by atoms with van der Waals surface area (Å²) in [6.07, 6.45) is 24.3. The van der Waals surface area contributed by atoms with Crippen LogP contribution in [0.3, 0.4) is 0 Å². The van der Waals surface area contributed by atoms with Gasteiger partial charge in [-0.3, -0.25) is 4.79 Å². The molecular weight excluding hydrogens is 853 g/mol. The van der Waals surface area contributed by atoms with Gasteiger partial charge in [0.1, 0.15) is 30.5 Å². The van der Waals surface area contributed by atoms with E-state index in [0.29, 0.717) is 24.8 Å². The molecule has 3 spiro atoms. The number of rotatable bonds is 20. The standard InChI is InChI=1S/C55H76O12/c1-6-7-8-9-10-11-12-13-14-15-16-17-18-21-27-32-41(56)61-36-52-46(62-52)43-45-51(37(2)3)34-40(35-60-47(57)39-30-25-23-26-31-39)54(43)44-42(50(5)64-49(59)55(44,65-50)48(52)58)38(4)29-24-20-19-22-28-33-53(63-45,66-51)67-54/h10-11,13-14,23,25-26,30-31,38,40,42-46,48,58H,2,6-9,12,15-22,24,27-29,32-36H2,1,3-5H3/b11-10-,14-13-/t38-,40-,42+,43+,44-,45+,46-,48+,50-,51+,52-,53?,54+,55-/m0/s1.